The van der Waals surface area contributed by atoms with E-state index in [-0.39, 0.29) is 11.5 Å². The molecule has 3 aromatic rings. The molecule has 6 heteroatoms. The number of benzene rings is 2. The first-order chi connectivity index (χ1) is 13.9. The molecule has 2 aromatic carbocycles. The van der Waals surface area contributed by atoms with Crippen molar-refractivity contribution < 1.29 is 4.79 Å². The van der Waals surface area contributed by atoms with E-state index in [4.69, 9.17) is 0 Å². The Kier molecular flexibility index (Phi) is 4.54. The molecule has 2 heterocycles. The van der Waals surface area contributed by atoms with Gasteiger partial charge in [0.05, 0.1) is 28.2 Å². The van der Waals surface area contributed by atoms with Crippen LogP contribution in [0.1, 0.15) is 29.3 Å². The minimum atomic E-state index is -0.242. The predicted molar refractivity (Wildman–Crippen MR) is 116 cm³/mol. The van der Waals surface area contributed by atoms with Crippen LogP contribution in [0.25, 0.3) is 11.8 Å². The van der Waals surface area contributed by atoms with Gasteiger partial charge in [0.25, 0.3) is 11.5 Å². The van der Waals surface area contributed by atoms with Crippen molar-refractivity contribution in [3.8, 4) is 5.69 Å². The number of hydrogen-bond donors (Lipinski definition) is 1. The summed E-state index contributed by atoms with van der Waals surface area (Å²) in [5, 5.41) is 8.89. The SMILES string of the molecule is CC1=NN(c2ccc(C)cc2)C(=O)C1=Cc1c(C)[nH]n(-c2ccccc2C)c1=O. The third-order valence-corrected chi connectivity index (χ3v) is 5.10. The number of aromatic nitrogens is 2. The quantitative estimate of drug-likeness (QED) is 0.694. The summed E-state index contributed by atoms with van der Waals surface area (Å²) in [6.45, 7) is 7.54. The normalized spacial score (nSPS) is 15.3. The summed E-state index contributed by atoms with van der Waals surface area (Å²) in [5.74, 6) is -0.242. The molecule has 0 saturated carbocycles. The highest BCUT2D eigenvalue weighted by atomic mass is 16.2. The second kappa shape index (κ2) is 7.05. The number of aromatic amines is 1. The highest BCUT2D eigenvalue weighted by Crippen LogP contribution is 2.25. The molecule has 1 aromatic heterocycles. The minimum absolute atomic E-state index is 0.196. The van der Waals surface area contributed by atoms with Crippen LogP contribution >= 0.6 is 0 Å². The Bertz CT molecular complexity index is 1230. The molecule has 1 N–H and O–H groups in total. The fraction of sp³-hybridized carbons (Fsp3) is 0.174. The summed E-state index contributed by atoms with van der Waals surface area (Å²) >= 11 is 0. The molecule has 1 amide bonds. The van der Waals surface area contributed by atoms with Crippen molar-refractivity contribution in [3.05, 3.63) is 86.8 Å². The molecule has 0 spiro atoms. The smallest absolute Gasteiger partial charge is 0.280 e. The van der Waals surface area contributed by atoms with Crippen LogP contribution in [-0.4, -0.2) is 21.4 Å². The lowest BCUT2D eigenvalue weighted by molar-refractivity contribution is -0.114. The molecular formula is C23H22N4O2. The highest BCUT2D eigenvalue weighted by molar-refractivity contribution is 6.32. The van der Waals surface area contributed by atoms with Crippen LogP contribution in [0, 0.1) is 20.8 Å². The van der Waals surface area contributed by atoms with Gasteiger partial charge in [-0.1, -0.05) is 35.9 Å². The number of para-hydroxylation sites is 1. The lowest BCUT2D eigenvalue weighted by atomic mass is 10.1. The van der Waals surface area contributed by atoms with E-state index >= 15 is 0 Å². The Morgan fingerprint density at radius 1 is 0.931 bits per heavy atom. The van der Waals surface area contributed by atoms with E-state index in [0.717, 1.165) is 16.8 Å². The van der Waals surface area contributed by atoms with Crippen molar-refractivity contribution in [1.82, 2.24) is 9.78 Å². The number of H-pyrrole nitrogens is 1. The number of rotatable bonds is 3. The number of hydrogen-bond acceptors (Lipinski definition) is 3. The molecule has 1 aliphatic rings. The molecule has 0 radical (unpaired) electrons. The zero-order valence-electron chi connectivity index (χ0n) is 16.9. The molecule has 0 fully saturated rings. The Morgan fingerprint density at radius 3 is 2.31 bits per heavy atom. The number of carbonyl (C=O) groups excluding carboxylic acids is 1. The van der Waals surface area contributed by atoms with Gasteiger partial charge in [0.2, 0.25) is 0 Å². The van der Waals surface area contributed by atoms with E-state index in [9.17, 15) is 9.59 Å². The zero-order valence-corrected chi connectivity index (χ0v) is 16.9. The summed E-state index contributed by atoms with van der Waals surface area (Å²) < 4.78 is 1.51. The van der Waals surface area contributed by atoms with Gasteiger partial charge in [0.15, 0.2) is 0 Å². The number of hydrazone groups is 1. The molecule has 146 valence electrons. The molecule has 0 saturated heterocycles. The summed E-state index contributed by atoms with van der Waals surface area (Å²) in [4.78, 5) is 26.0. The fourth-order valence-electron chi connectivity index (χ4n) is 3.40. The average molecular weight is 386 g/mol. The summed E-state index contributed by atoms with van der Waals surface area (Å²) in [5.41, 5.74) is 5.53. The maximum atomic E-state index is 13.1. The van der Waals surface area contributed by atoms with Crippen molar-refractivity contribution >= 4 is 23.4 Å². The van der Waals surface area contributed by atoms with E-state index in [1.807, 2.05) is 69.3 Å². The summed E-state index contributed by atoms with van der Waals surface area (Å²) in [6, 6.07) is 15.3. The average Bonchev–Trinajstić information content (AvgIpc) is 3.14. The number of nitrogens with zero attached hydrogens (tertiary/aromatic N) is 3. The topological polar surface area (TPSA) is 70.5 Å². The van der Waals surface area contributed by atoms with Crippen LogP contribution < -0.4 is 10.6 Å². The molecule has 0 bridgehead atoms. The summed E-state index contributed by atoms with van der Waals surface area (Å²) in [6.07, 6.45) is 1.64. The number of carbonyl (C=O) groups is 1. The van der Waals surface area contributed by atoms with Crippen LogP contribution in [0.5, 0.6) is 0 Å². The zero-order chi connectivity index (χ0) is 20.7. The second-order valence-electron chi connectivity index (χ2n) is 7.27. The lowest BCUT2D eigenvalue weighted by Crippen LogP contribution is -2.22. The molecular weight excluding hydrogens is 364 g/mol. The van der Waals surface area contributed by atoms with Crippen LogP contribution in [0.2, 0.25) is 0 Å². The van der Waals surface area contributed by atoms with Crippen molar-refractivity contribution in [2.75, 3.05) is 5.01 Å². The first kappa shape index (κ1) is 18.7. The first-order valence-electron chi connectivity index (χ1n) is 9.43. The summed E-state index contributed by atoms with van der Waals surface area (Å²) in [7, 11) is 0. The molecule has 0 aliphatic carbocycles. The first-order valence-corrected chi connectivity index (χ1v) is 9.43. The van der Waals surface area contributed by atoms with Gasteiger partial charge >= 0.3 is 0 Å². The van der Waals surface area contributed by atoms with Gasteiger partial charge in [0, 0.05) is 5.69 Å². The highest BCUT2D eigenvalue weighted by Gasteiger charge is 2.29. The van der Waals surface area contributed by atoms with Crippen molar-refractivity contribution in [2.45, 2.75) is 27.7 Å². The van der Waals surface area contributed by atoms with Gasteiger partial charge in [-0.05, 0) is 57.5 Å². The van der Waals surface area contributed by atoms with E-state index in [2.05, 4.69) is 10.2 Å². The largest absolute Gasteiger partial charge is 0.295 e. The van der Waals surface area contributed by atoms with E-state index in [0.29, 0.717) is 28.2 Å². The van der Waals surface area contributed by atoms with Gasteiger partial charge in [0.1, 0.15) is 0 Å². The van der Waals surface area contributed by atoms with E-state index < -0.39 is 0 Å². The number of nitrogens with one attached hydrogen (secondary N) is 1. The number of amides is 1. The standard InChI is InChI=1S/C23H22N4O2/c1-14-9-11-18(12-10-14)26-22(28)19(16(3)24-26)13-20-17(4)25-27(23(20)29)21-8-6-5-7-15(21)2/h5-13,25H,1-4H3. The monoisotopic (exact) mass is 386 g/mol. The minimum Gasteiger partial charge on any atom is -0.295 e. The predicted octanol–water partition coefficient (Wildman–Crippen LogP) is 3.90. The van der Waals surface area contributed by atoms with Gasteiger partial charge in [-0.15, -0.1) is 0 Å². The fourth-order valence-corrected chi connectivity index (χ4v) is 3.40. The van der Waals surface area contributed by atoms with Gasteiger partial charge in [-0.25, -0.2) is 4.68 Å². The Labute approximate surface area is 168 Å². The Morgan fingerprint density at radius 2 is 1.62 bits per heavy atom. The lowest BCUT2D eigenvalue weighted by Gasteiger charge is -2.11. The van der Waals surface area contributed by atoms with E-state index in [1.165, 1.54) is 9.69 Å². The van der Waals surface area contributed by atoms with Crippen molar-refractivity contribution in [3.63, 3.8) is 0 Å². The molecule has 6 nitrogen and oxygen atoms in total. The number of anilines is 1. The van der Waals surface area contributed by atoms with Crippen LogP contribution in [-0.2, 0) is 4.79 Å². The maximum absolute atomic E-state index is 13.1. The maximum Gasteiger partial charge on any atom is 0.280 e. The van der Waals surface area contributed by atoms with Crippen molar-refractivity contribution in [2.24, 2.45) is 5.10 Å². The Balaban J connectivity index is 1.75. The molecule has 4 rings (SSSR count). The molecule has 29 heavy (non-hydrogen) atoms. The van der Waals surface area contributed by atoms with Crippen LogP contribution in [0.15, 0.2) is 64.0 Å². The number of aryl methyl sites for hydroxylation is 3. The molecule has 0 unspecified atom stereocenters. The van der Waals surface area contributed by atoms with Gasteiger partial charge < -0.3 is 0 Å². The third-order valence-electron chi connectivity index (χ3n) is 5.10. The van der Waals surface area contributed by atoms with Crippen molar-refractivity contribution in [1.29, 1.82) is 0 Å². The van der Waals surface area contributed by atoms with E-state index in [1.54, 1.807) is 13.0 Å². The van der Waals surface area contributed by atoms with Gasteiger partial charge in [-0.3, -0.25) is 14.7 Å². The molecule has 0 atom stereocenters. The van der Waals surface area contributed by atoms with Crippen LogP contribution in [0.3, 0.4) is 0 Å². The molecule has 1 aliphatic heterocycles. The Hall–Kier alpha value is -3.67. The van der Waals surface area contributed by atoms with Gasteiger partial charge in [-0.2, -0.15) is 10.1 Å². The second-order valence-corrected chi connectivity index (χ2v) is 7.27. The third kappa shape index (κ3) is 3.23. The van der Waals surface area contributed by atoms with Crippen LogP contribution in [0.4, 0.5) is 5.69 Å².